The zero-order valence-corrected chi connectivity index (χ0v) is 16.3. The van der Waals surface area contributed by atoms with E-state index in [1.54, 1.807) is 17.5 Å². The van der Waals surface area contributed by atoms with Gasteiger partial charge in [-0.25, -0.2) is 9.59 Å². The van der Waals surface area contributed by atoms with Crippen LogP contribution in [0, 0.1) is 0 Å². The fourth-order valence-electron chi connectivity index (χ4n) is 2.84. The quantitative estimate of drug-likeness (QED) is 0.598. The molecule has 8 heteroatoms. The molecule has 2 N–H and O–H groups in total. The van der Waals surface area contributed by atoms with Crippen LogP contribution in [0.15, 0.2) is 48.0 Å². The molecule has 0 unspecified atom stereocenters. The summed E-state index contributed by atoms with van der Waals surface area (Å²) in [5.41, 5.74) is 1.32. The number of nitrogens with zero attached hydrogens (tertiary/aromatic N) is 1. The first-order chi connectivity index (χ1) is 13.6. The predicted octanol–water partition coefficient (Wildman–Crippen LogP) is 2.95. The Hall–Kier alpha value is -3.13. The normalized spacial score (nSPS) is 10.6. The molecule has 0 atom stereocenters. The van der Waals surface area contributed by atoms with Crippen LogP contribution in [0.4, 0.5) is 4.79 Å². The Kier molecular flexibility index (Phi) is 6.44. The van der Waals surface area contributed by atoms with E-state index in [-0.39, 0.29) is 0 Å². The second kappa shape index (κ2) is 9.18. The van der Waals surface area contributed by atoms with E-state index in [4.69, 9.17) is 4.74 Å². The van der Waals surface area contributed by atoms with Crippen molar-refractivity contribution in [2.45, 2.75) is 19.9 Å². The second-order valence-corrected chi connectivity index (χ2v) is 7.09. The van der Waals surface area contributed by atoms with Crippen molar-refractivity contribution in [2.24, 2.45) is 0 Å². The molecule has 0 aliphatic heterocycles. The molecule has 7 nitrogen and oxygen atoms in total. The van der Waals surface area contributed by atoms with E-state index in [1.165, 1.54) is 0 Å². The summed E-state index contributed by atoms with van der Waals surface area (Å²) in [6.07, 6.45) is 2.40. The molecule has 1 aromatic carbocycles. The minimum Gasteiger partial charge on any atom is -0.452 e. The number of benzene rings is 1. The average Bonchev–Trinajstić information content (AvgIpc) is 3.33. The number of esters is 1. The van der Waals surface area contributed by atoms with Gasteiger partial charge in [-0.2, -0.15) is 0 Å². The molecule has 0 saturated heterocycles. The van der Waals surface area contributed by atoms with E-state index in [0.717, 1.165) is 15.8 Å². The molecule has 3 rings (SSSR count). The molecule has 2 heterocycles. The average molecular weight is 399 g/mol. The highest BCUT2D eigenvalue weighted by atomic mass is 32.1. The Bertz CT molecular complexity index is 979. The zero-order chi connectivity index (χ0) is 19.9. The molecule has 0 saturated carbocycles. The third-order valence-electron chi connectivity index (χ3n) is 4.17. The van der Waals surface area contributed by atoms with Gasteiger partial charge in [-0.1, -0.05) is 24.3 Å². The van der Waals surface area contributed by atoms with Gasteiger partial charge in [0.15, 0.2) is 6.61 Å². The molecular formula is C20H21N3O4S. The van der Waals surface area contributed by atoms with Gasteiger partial charge < -0.3 is 14.6 Å². The maximum atomic E-state index is 12.4. The minimum absolute atomic E-state index is 0.394. The van der Waals surface area contributed by atoms with Crippen LogP contribution in [-0.2, 0) is 22.5 Å². The number of imide groups is 1. The van der Waals surface area contributed by atoms with Gasteiger partial charge in [0.2, 0.25) is 0 Å². The molecule has 0 fully saturated rings. The van der Waals surface area contributed by atoms with E-state index < -0.39 is 24.5 Å². The highest BCUT2D eigenvalue weighted by molar-refractivity contribution is 7.09. The number of nitrogens with one attached hydrogen (secondary N) is 2. The summed E-state index contributed by atoms with van der Waals surface area (Å²) >= 11 is 1.60. The molecule has 0 aliphatic rings. The maximum Gasteiger partial charge on any atom is 0.340 e. The number of hydrogen-bond acceptors (Lipinski definition) is 5. The number of urea groups is 1. The third kappa shape index (κ3) is 4.77. The SMILES string of the molecule is CCn1cc(C(=O)OCC(=O)NC(=O)NCCc2cccs2)c2ccccc21. The topological polar surface area (TPSA) is 89.4 Å². The van der Waals surface area contributed by atoms with Gasteiger partial charge in [-0.05, 0) is 30.9 Å². The Morgan fingerprint density at radius 3 is 2.71 bits per heavy atom. The van der Waals surface area contributed by atoms with Crippen molar-refractivity contribution < 1.29 is 19.1 Å². The molecule has 0 radical (unpaired) electrons. The molecule has 28 heavy (non-hydrogen) atoms. The summed E-state index contributed by atoms with van der Waals surface area (Å²) in [6.45, 7) is 2.57. The van der Waals surface area contributed by atoms with Gasteiger partial charge in [-0.3, -0.25) is 10.1 Å². The van der Waals surface area contributed by atoms with Crippen LogP contribution in [0.2, 0.25) is 0 Å². The van der Waals surface area contributed by atoms with Gasteiger partial charge >= 0.3 is 12.0 Å². The molecule has 3 aromatic rings. The van der Waals surface area contributed by atoms with Crippen molar-refractivity contribution in [3.05, 3.63) is 58.4 Å². The van der Waals surface area contributed by atoms with Gasteiger partial charge in [0.25, 0.3) is 5.91 Å². The van der Waals surface area contributed by atoms with Gasteiger partial charge in [-0.15, -0.1) is 11.3 Å². The smallest absolute Gasteiger partial charge is 0.340 e. The Balaban J connectivity index is 1.48. The van der Waals surface area contributed by atoms with Gasteiger partial charge in [0.1, 0.15) is 0 Å². The van der Waals surface area contributed by atoms with E-state index in [9.17, 15) is 14.4 Å². The second-order valence-electron chi connectivity index (χ2n) is 6.06. The van der Waals surface area contributed by atoms with Gasteiger partial charge in [0.05, 0.1) is 5.56 Å². The molecule has 146 valence electrons. The number of para-hydroxylation sites is 1. The summed E-state index contributed by atoms with van der Waals surface area (Å²) < 4.78 is 7.01. The zero-order valence-electron chi connectivity index (χ0n) is 15.4. The first kappa shape index (κ1) is 19.6. The van der Waals surface area contributed by atoms with Crippen LogP contribution in [0.1, 0.15) is 22.2 Å². The summed E-state index contributed by atoms with van der Waals surface area (Å²) in [5.74, 6) is -1.28. The van der Waals surface area contributed by atoms with Crippen LogP contribution in [-0.4, -0.2) is 35.6 Å². The first-order valence-electron chi connectivity index (χ1n) is 8.93. The Morgan fingerprint density at radius 1 is 1.14 bits per heavy atom. The largest absolute Gasteiger partial charge is 0.452 e. The highest BCUT2D eigenvalue weighted by Crippen LogP contribution is 2.22. The lowest BCUT2D eigenvalue weighted by Gasteiger charge is -2.07. The fourth-order valence-corrected chi connectivity index (χ4v) is 3.55. The van der Waals surface area contributed by atoms with Crippen LogP contribution in [0.25, 0.3) is 10.9 Å². The van der Waals surface area contributed by atoms with Crippen molar-refractivity contribution in [1.82, 2.24) is 15.2 Å². The highest BCUT2D eigenvalue weighted by Gasteiger charge is 2.17. The van der Waals surface area contributed by atoms with E-state index in [1.807, 2.05) is 53.3 Å². The molecule has 0 bridgehead atoms. The fraction of sp³-hybridized carbons (Fsp3) is 0.250. The summed E-state index contributed by atoms with van der Waals surface area (Å²) in [6, 6.07) is 10.8. The molecule has 3 amide bonds. The standard InChI is InChI=1S/C20H21N3O4S/c1-2-23-12-16(15-7-3-4-8-17(15)23)19(25)27-13-18(24)22-20(26)21-10-9-14-6-5-11-28-14/h3-8,11-12H,2,9-10,13H2,1H3,(H2,21,22,24,26). The summed E-state index contributed by atoms with van der Waals surface area (Å²) in [7, 11) is 0. The van der Waals surface area contributed by atoms with Crippen molar-refractivity contribution in [1.29, 1.82) is 0 Å². The summed E-state index contributed by atoms with van der Waals surface area (Å²) in [5, 5.41) is 7.48. The molecule has 0 aliphatic carbocycles. The van der Waals surface area contributed by atoms with E-state index >= 15 is 0 Å². The van der Waals surface area contributed by atoms with Crippen LogP contribution in [0.5, 0.6) is 0 Å². The monoisotopic (exact) mass is 399 g/mol. The number of amides is 3. The lowest BCUT2D eigenvalue weighted by molar-refractivity contribution is -0.123. The number of ether oxygens (including phenoxy) is 1. The van der Waals surface area contributed by atoms with Gasteiger partial charge in [0, 0.05) is 35.1 Å². The van der Waals surface area contributed by atoms with Crippen molar-refractivity contribution in [2.75, 3.05) is 13.2 Å². The van der Waals surface area contributed by atoms with Crippen molar-refractivity contribution >= 4 is 40.1 Å². The lowest BCUT2D eigenvalue weighted by atomic mass is 10.2. The number of thiophene rings is 1. The number of hydrogen-bond donors (Lipinski definition) is 2. The number of aryl methyl sites for hydroxylation is 1. The minimum atomic E-state index is -0.679. The molecule has 2 aromatic heterocycles. The van der Waals surface area contributed by atoms with Crippen LogP contribution in [0.3, 0.4) is 0 Å². The Morgan fingerprint density at radius 2 is 1.96 bits per heavy atom. The van der Waals surface area contributed by atoms with Crippen LogP contribution < -0.4 is 10.6 Å². The molecule has 0 spiro atoms. The summed E-state index contributed by atoms with van der Waals surface area (Å²) in [4.78, 5) is 37.1. The Labute approximate surface area is 166 Å². The number of aromatic nitrogens is 1. The molecular weight excluding hydrogens is 378 g/mol. The maximum absolute atomic E-state index is 12.4. The van der Waals surface area contributed by atoms with Crippen molar-refractivity contribution in [3.8, 4) is 0 Å². The predicted molar refractivity (Wildman–Crippen MR) is 107 cm³/mol. The van der Waals surface area contributed by atoms with Crippen molar-refractivity contribution in [3.63, 3.8) is 0 Å². The van der Waals surface area contributed by atoms with E-state index in [0.29, 0.717) is 25.1 Å². The first-order valence-corrected chi connectivity index (χ1v) is 9.81. The lowest BCUT2D eigenvalue weighted by Crippen LogP contribution is -2.42. The number of fused-ring (bicyclic) bond motifs is 1. The third-order valence-corrected chi connectivity index (χ3v) is 5.11. The number of rotatable bonds is 7. The number of carbonyl (C=O) groups is 3. The van der Waals surface area contributed by atoms with E-state index in [2.05, 4.69) is 10.6 Å². The van der Waals surface area contributed by atoms with Crippen LogP contribution >= 0.6 is 11.3 Å². The number of carbonyl (C=O) groups excluding carboxylic acids is 3.